The summed E-state index contributed by atoms with van der Waals surface area (Å²) in [5.74, 6) is -0.573. The highest BCUT2D eigenvalue weighted by Crippen LogP contribution is 2.15. The van der Waals surface area contributed by atoms with Crippen molar-refractivity contribution in [2.75, 3.05) is 0 Å². The van der Waals surface area contributed by atoms with Gasteiger partial charge in [0, 0.05) is 12.0 Å². The minimum Gasteiger partial charge on any atom is -0.317 e. The van der Waals surface area contributed by atoms with E-state index in [1.165, 1.54) is 6.08 Å². The van der Waals surface area contributed by atoms with Crippen LogP contribution in [0.15, 0.2) is 42.0 Å². The molecule has 3 nitrogen and oxygen atoms in total. The van der Waals surface area contributed by atoms with Gasteiger partial charge in [0.1, 0.15) is 6.04 Å². The molecule has 0 bridgehead atoms. The van der Waals surface area contributed by atoms with Crippen LogP contribution in [-0.4, -0.2) is 22.5 Å². The van der Waals surface area contributed by atoms with Crippen LogP contribution < -0.4 is 5.73 Å². The summed E-state index contributed by atoms with van der Waals surface area (Å²) >= 11 is 4.89. The van der Waals surface area contributed by atoms with Crippen LogP contribution in [0.2, 0.25) is 0 Å². The fourth-order valence-corrected chi connectivity index (χ4v) is 1.95. The summed E-state index contributed by atoms with van der Waals surface area (Å²) in [7, 11) is 0. The Morgan fingerprint density at radius 1 is 1.18 bits per heavy atom. The summed E-state index contributed by atoms with van der Waals surface area (Å²) in [4.78, 5) is 23.4. The number of nitrogens with two attached hydrogens (primary N) is 1. The summed E-state index contributed by atoms with van der Waals surface area (Å²) in [6.07, 6.45) is 1.73. The Labute approximate surface area is 104 Å². The van der Waals surface area contributed by atoms with Crippen molar-refractivity contribution >= 4 is 28.6 Å². The molecule has 0 radical (unpaired) electrons. The van der Waals surface area contributed by atoms with Gasteiger partial charge in [0.2, 0.25) is 0 Å². The van der Waals surface area contributed by atoms with Gasteiger partial charge in [-0.3, -0.25) is 9.59 Å². The van der Waals surface area contributed by atoms with E-state index in [1.807, 2.05) is 30.3 Å². The van der Waals surface area contributed by atoms with Crippen LogP contribution in [0.4, 0.5) is 0 Å². The molecule has 1 aromatic rings. The lowest BCUT2D eigenvalue weighted by Crippen LogP contribution is -2.45. The van der Waals surface area contributed by atoms with Gasteiger partial charge in [-0.2, -0.15) is 0 Å². The van der Waals surface area contributed by atoms with Gasteiger partial charge in [0.15, 0.2) is 11.6 Å². The summed E-state index contributed by atoms with van der Waals surface area (Å²) in [6.45, 7) is 0. The van der Waals surface area contributed by atoms with Gasteiger partial charge < -0.3 is 5.73 Å². The molecule has 86 valence electrons. The molecule has 1 unspecified atom stereocenters. The monoisotopic (exact) mass is 245 g/mol. The Kier molecular flexibility index (Phi) is 3.26. The quantitative estimate of drug-likeness (QED) is 0.790. The first kappa shape index (κ1) is 11.8. The summed E-state index contributed by atoms with van der Waals surface area (Å²) in [5, 5.41) is 0. The normalized spacial score (nSPS) is 20.4. The number of thiocarbonyl (C=S) groups is 1. The number of allylic oxidation sites excluding steroid dienone is 1. The van der Waals surface area contributed by atoms with Crippen LogP contribution in [0.1, 0.15) is 5.56 Å². The van der Waals surface area contributed by atoms with E-state index in [0.29, 0.717) is 12.0 Å². The predicted molar refractivity (Wildman–Crippen MR) is 68.8 cm³/mol. The van der Waals surface area contributed by atoms with Crippen LogP contribution in [0, 0.1) is 0 Å². The third-order valence-electron chi connectivity index (χ3n) is 2.66. The second kappa shape index (κ2) is 4.69. The highest BCUT2D eigenvalue weighted by Gasteiger charge is 2.30. The SMILES string of the molecule is NC1C(=O)C=C(Cc2ccccc2)C(=O)C1=S. The lowest BCUT2D eigenvalue weighted by atomic mass is 9.89. The molecule has 0 saturated heterocycles. The van der Waals surface area contributed by atoms with Crippen molar-refractivity contribution in [2.45, 2.75) is 12.5 Å². The molecule has 1 aliphatic rings. The molecule has 0 aliphatic heterocycles. The maximum absolute atomic E-state index is 11.8. The van der Waals surface area contributed by atoms with Gasteiger partial charge in [-0.15, -0.1) is 0 Å². The lowest BCUT2D eigenvalue weighted by molar-refractivity contribution is -0.117. The summed E-state index contributed by atoms with van der Waals surface area (Å²) < 4.78 is 0. The number of benzene rings is 1. The van der Waals surface area contributed by atoms with Gasteiger partial charge in [-0.25, -0.2) is 0 Å². The second-order valence-corrected chi connectivity index (χ2v) is 4.35. The molecule has 0 saturated carbocycles. The van der Waals surface area contributed by atoms with Crippen molar-refractivity contribution in [1.82, 2.24) is 0 Å². The maximum atomic E-state index is 11.8. The zero-order valence-electron chi connectivity index (χ0n) is 9.05. The Balaban J connectivity index is 2.27. The first-order valence-corrected chi connectivity index (χ1v) is 5.63. The molecule has 0 amide bonds. The molecule has 0 spiro atoms. The molecule has 0 fully saturated rings. The van der Waals surface area contributed by atoms with Crippen molar-refractivity contribution in [3.8, 4) is 0 Å². The van der Waals surface area contributed by atoms with Crippen LogP contribution in [0.25, 0.3) is 0 Å². The number of carbonyl (C=O) groups excluding carboxylic acids is 2. The average molecular weight is 245 g/mol. The molecule has 0 heterocycles. The Morgan fingerprint density at radius 3 is 2.47 bits per heavy atom. The smallest absolute Gasteiger partial charge is 0.198 e. The Bertz CT molecular complexity index is 519. The average Bonchev–Trinajstić information content (AvgIpc) is 2.35. The molecular weight excluding hydrogens is 234 g/mol. The molecule has 17 heavy (non-hydrogen) atoms. The second-order valence-electron chi connectivity index (χ2n) is 3.91. The van der Waals surface area contributed by atoms with Gasteiger partial charge in [0.05, 0.1) is 4.86 Å². The van der Waals surface area contributed by atoms with E-state index in [9.17, 15) is 9.59 Å². The van der Waals surface area contributed by atoms with Crippen molar-refractivity contribution in [3.05, 3.63) is 47.5 Å². The zero-order valence-corrected chi connectivity index (χ0v) is 9.87. The van der Waals surface area contributed by atoms with Crippen LogP contribution in [0.5, 0.6) is 0 Å². The van der Waals surface area contributed by atoms with E-state index < -0.39 is 6.04 Å². The number of ketones is 2. The summed E-state index contributed by atoms with van der Waals surface area (Å²) in [6, 6.07) is 8.51. The van der Waals surface area contributed by atoms with Crippen LogP contribution in [-0.2, 0) is 16.0 Å². The van der Waals surface area contributed by atoms with Crippen molar-refractivity contribution in [3.63, 3.8) is 0 Å². The predicted octanol–water partition coefficient (Wildman–Crippen LogP) is 1.00. The highest BCUT2D eigenvalue weighted by atomic mass is 32.1. The van der Waals surface area contributed by atoms with E-state index in [4.69, 9.17) is 18.0 Å². The molecule has 0 aromatic heterocycles. The fourth-order valence-electron chi connectivity index (χ4n) is 1.70. The van der Waals surface area contributed by atoms with E-state index in [2.05, 4.69) is 0 Å². The molecule has 4 heteroatoms. The third-order valence-corrected chi connectivity index (χ3v) is 3.10. The molecule has 1 aliphatic carbocycles. The van der Waals surface area contributed by atoms with Gasteiger partial charge in [-0.1, -0.05) is 42.5 Å². The van der Waals surface area contributed by atoms with Crippen molar-refractivity contribution < 1.29 is 9.59 Å². The number of carbonyl (C=O) groups is 2. The molecule has 1 aromatic carbocycles. The molecule has 2 N–H and O–H groups in total. The fraction of sp³-hybridized carbons (Fsp3) is 0.154. The number of Topliss-reactive ketones (excluding diaryl/α,β-unsaturated/α-hetero) is 1. The number of hydrogen-bond acceptors (Lipinski definition) is 4. The topological polar surface area (TPSA) is 60.2 Å². The lowest BCUT2D eigenvalue weighted by Gasteiger charge is -2.17. The zero-order chi connectivity index (χ0) is 12.4. The van der Waals surface area contributed by atoms with E-state index in [0.717, 1.165) is 5.56 Å². The third kappa shape index (κ3) is 2.38. The van der Waals surface area contributed by atoms with Gasteiger partial charge in [0.25, 0.3) is 0 Å². The standard InChI is InChI=1S/C13H11NO2S/c14-11-10(15)7-9(12(16)13(11)17)6-8-4-2-1-3-5-8/h1-5,7,11H,6,14H2. The highest BCUT2D eigenvalue weighted by molar-refractivity contribution is 7.82. The molecule has 1 atom stereocenters. The largest absolute Gasteiger partial charge is 0.317 e. The Morgan fingerprint density at radius 2 is 1.82 bits per heavy atom. The van der Waals surface area contributed by atoms with E-state index in [1.54, 1.807) is 0 Å². The summed E-state index contributed by atoms with van der Waals surface area (Å²) in [5.41, 5.74) is 6.91. The first-order chi connectivity index (χ1) is 8.09. The van der Waals surface area contributed by atoms with Crippen LogP contribution in [0.3, 0.4) is 0 Å². The van der Waals surface area contributed by atoms with E-state index in [-0.39, 0.29) is 16.4 Å². The van der Waals surface area contributed by atoms with E-state index >= 15 is 0 Å². The maximum Gasteiger partial charge on any atom is 0.198 e. The van der Waals surface area contributed by atoms with Crippen molar-refractivity contribution in [1.29, 1.82) is 0 Å². The first-order valence-electron chi connectivity index (χ1n) is 5.22. The van der Waals surface area contributed by atoms with Gasteiger partial charge >= 0.3 is 0 Å². The Hall–Kier alpha value is -1.65. The minimum atomic E-state index is -0.947. The van der Waals surface area contributed by atoms with Crippen LogP contribution >= 0.6 is 12.2 Å². The molecular formula is C13H11NO2S. The number of rotatable bonds is 2. The minimum absolute atomic E-state index is 0.0171. The van der Waals surface area contributed by atoms with Gasteiger partial charge in [-0.05, 0) is 11.6 Å². The molecule has 2 rings (SSSR count). The number of hydrogen-bond donors (Lipinski definition) is 1. The van der Waals surface area contributed by atoms with Crippen molar-refractivity contribution in [2.24, 2.45) is 5.73 Å².